The minimum absolute atomic E-state index is 0.400. The molecule has 0 aliphatic carbocycles. The van der Waals surface area contributed by atoms with Crippen LogP contribution in [-0.2, 0) is 0 Å². The third-order valence-corrected chi connectivity index (χ3v) is 3.00. The third kappa shape index (κ3) is 4.11. The summed E-state index contributed by atoms with van der Waals surface area (Å²) in [6, 6.07) is 4.75. The fourth-order valence-corrected chi connectivity index (χ4v) is 2.12. The van der Waals surface area contributed by atoms with Crippen molar-refractivity contribution in [2.75, 3.05) is 14.2 Å². The van der Waals surface area contributed by atoms with Crippen LogP contribution in [0.4, 0.5) is 13.2 Å². The number of alkyl halides is 4. The molecule has 1 atom stereocenters. The molecule has 0 aliphatic rings. The Balaban J connectivity index is 3.01. The average Bonchev–Trinajstić information content (AvgIpc) is 2.25. The van der Waals surface area contributed by atoms with E-state index in [2.05, 4.69) is 15.9 Å². The van der Waals surface area contributed by atoms with Crippen LogP contribution in [0.3, 0.4) is 0 Å². The van der Waals surface area contributed by atoms with E-state index in [9.17, 15) is 13.2 Å². The molecule has 96 valence electrons. The molecule has 17 heavy (non-hydrogen) atoms. The van der Waals surface area contributed by atoms with Crippen LogP contribution < -0.4 is 9.47 Å². The van der Waals surface area contributed by atoms with Gasteiger partial charge in [-0.25, -0.2) is 0 Å². The van der Waals surface area contributed by atoms with Gasteiger partial charge in [-0.05, 0) is 18.2 Å². The topological polar surface area (TPSA) is 18.5 Å². The van der Waals surface area contributed by atoms with E-state index in [0.717, 1.165) is 0 Å². The standard InChI is InChI=1S/C11H12BrF3O2/c1-16-7-3-4-10(17-2)8(5-7)9(12)6-11(13,14)15/h3-5,9H,6H2,1-2H3. The van der Waals surface area contributed by atoms with Gasteiger partial charge < -0.3 is 9.47 Å². The predicted octanol–water partition coefficient (Wildman–Crippen LogP) is 4.09. The molecular formula is C11H12BrF3O2. The SMILES string of the molecule is COc1ccc(OC)c(C(Br)CC(F)(F)F)c1. The van der Waals surface area contributed by atoms with Crippen molar-refractivity contribution in [2.45, 2.75) is 17.4 Å². The van der Waals surface area contributed by atoms with Gasteiger partial charge in [-0.1, -0.05) is 15.9 Å². The van der Waals surface area contributed by atoms with E-state index in [1.165, 1.54) is 20.3 Å². The molecule has 1 aromatic carbocycles. The molecule has 6 heteroatoms. The second-order valence-corrected chi connectivity index (χ2v) is 4.50. The molecule has 0 saturated heterocycles. The highest BCUT2D eigenvalue weighted by atomic mass is 79.9. The summed E-state index contributed by atoms with van der Waals surface area (Å²) in [6.07, 6.45) is -5.20. The normalized spacial score (nSPS) is 13.3. The number of benzene rings is 1. The van der Waals surface area contributed by atoms with Gasteiger partial charge >= 0.3 is 6.18 Å². The van der Waals surface area contributed by atoms with E-state index in [0.29, 0.717) is 17.1 Å². The maximum atomic E-state index is 12.3. The summed E-state index contributed by atoms with van der Waals surface area (Å²) in [6.45, 7) is 0. The van der Waals surface area contributed by atoms with Crippen LogP contribution in [0, 0.1) is 0 Å². The maximum Gasteiger partial charge on any atom is 0.390 e. The molecule has 0 heterocycles. The molecule has 0 N–H and O–H groups in total. The summed E-state index contributed by atoms with van der Waals surface area (Å²) in [5, 5.41) is 0. The molecule has 0 fully saturated rings. The van der Waals surface area contributed by atoms with Gasteiger partial charge in [0.15, 0.2) is 0 Å². The summed E-state index contributed by atoms with van der Waals surface area (Å²) < 4.78 is 46.9. The molecule has 0 saturated carbocycles. The Morgan fingerprint density at radius 3 is 2.35 bits per heavy atom. The highest BCUT2D eigenvalue weighted by Gasteiger charge is 2.32. The van der Waals surface area contributed by atoms with E-state index >= 15 is 0 Å². The van der Waals surface area contributed by atoms with Gasteiger partial charge in [-0.15, -0.1) is 0 Å². The summed E-state index contributed by atoms with van der Waals surface area (Å²) in [5.41, 5.74) is 0.421. The molecule has 0 radical (unpaired) electrons. The number of halogens is 4. The first kappa shape index (κ1) is 14.2. The fraction of sp³-hybridized carbons (Fsp3) is 0.455. The Labute approximate surface area is 106 Å². The van der Waals surface area contributed by atoms with Crippen LogP contribution in [0.5, 0.6) is 11.5 Å². The molecular weight excluding hydrogens is 301 g/mol. The van der Waals surface area contributed by atoms with Crippen LogP contribution in [0.15, 0.2) is 18.2 Å². The van der Waals surface area contributed by atoms with E-state index in [-0.39, 0.29) is 0 Å². The molecule has 0 spiro atoms. The Morgan fingerprint density at radius 2 is 1.88 bits per heavy atom. The molecule has 0 amide bonds. The van der Waals surface area contributed by atoms with Crippen LogP contribution in [0.1, 0.15) is 16.8 Å². The predicted molar refractivity (Wildman–Crippen MR) is 61.9 cm³/mol. The number of methoxy groups -OCH3 is 2. The average molecular weight is 313 g/mol. The van der Waals surface area contributed by atoms with Crippen molar-refractivity contribution in [1.29, 1.82) is 0 Å². The third-order valence-electron chi connectivity index (χ3n) is 2.18. The van der Waals surface area contributed by atoms with E-state index in [1.807, 2.05) is 0 Å². The summed E-state index contributed by atoms with van der Waals surface area (Å²) in [5.74, 6) is 0.893. The van der Waals surface area contributed by atoms with E-state index in [1.54, 1.807) is 12.1 Å². The fourth-order valence-electron chi connectivity index (χ4n) is 1.40. The maximum absolute atomic E-state index is 12.3. The van der Waals surface area contributed by atoms with E-state index < -0.39 is 17.4 Å². The summed E-state index contributed by atoms with van der Waals surface area (Å²) in [7, 11) is 2.87. The zero-order valence-electron chi connectivity index (χ0n) is 9.34. The van der Waals surface area contributed by atoms with Crippen molar-refractivity contribution in [3.05, 3.63) is 23.8 Å². The van der Waals surface area contributed by atoms with E-state index in [4.69, 9.17) is 9.47 Å². The lowest BCUT2D eigenvalue weighted by Gasteiger charge is -2.16. The van der Waals surface area contributed by atoms with Crippen LogP contribution >= 0.6 is 15.9 Å². The quantitative estimate of drug-likeness (QED) is 0.780. The summed E-state index contributed by atoms with van der Waals surface area (Å²) in [4.78, 5) is -0.854. The second kappa shape index (κ2) is 5.62. The van der Waals surface area contributed by atoms with Gasteiger partial charge in [0, 0.05) is 5.56 Å². The number of hydrogen-bond acceptors (Lipinski definition) is 2. The van der Waals surface area contributed by atoms with Crippen molar-refractivity contribution in [3.8, 4) is 11.5 Å². The Hall–Kier alpha value is -0.910. The van der Waals surface area contributed by atoms with Gasteiger partial charge in [0.1, 0.15) is 11.5 Å². The minimum Gasteiger partial charge on any atom is -0.497 e. The minimum atomic E-state index is -4.23. The summed E-state index contributed by atoms with van der Waals surface area (Å²) >= 11 is 3.02. The first-order valence-corrected chi connectivity index (χ1v) is 5.71. The molecule has 2 nitrogen and oxygen atoms in total. The highest BCUT2D eigenvalue weighted by Crippen LogP contribution is 2.40. The van der Waals surface area contributed by atoms with Crippen molar-refractivity contribution in [1.82, 2.24) is 0 Å². The highest BCUT2D eigenvalue weighted by molar-refractivity contribution is 9.09. The van der Waals surface area contributed by atoms with Crippen molar-refractivity contribution in [2.24, 2.45) is 0 Å². The first-order chi connectivity index (χ1) is 7.87. The molecule has 1 aromatic rings. The van der Waals surface area contributed by atoms with Gasteiger partial charge in [-0.2, -0.15) is 13.2 Å². The number of ether oxygens (including phenoxy) is 2. The lowest BCUT2D eigenvalue weighted by atomic mass is 10.1. The molecule has 0 aromatic heterocycles. The van der Waals surface area contributed by atoms with Crippen LogP contribution in [-0.4, -0.2) is 20.4 Å². The smallest absolute Gasteiger partial charge is 0.390 e. The van der Waals surface area contributed by atoms with Crippen LogP contribution in [0.25, 0.3) is 0 Å². The lowest BCUT2D eigenvalue weighted by Crippen LogP contribution is -2.11. The lowest BCUT2D eigenvalue weighted by molar-refractivity contribution is -0.134. The number of rotatable bonds is 4. The zero-order chi connectivity index (χ0) is 13.1. The largest absolute Gasteiger partial charge is 0.497 e. The monoisotopic (exact) mass is 312 g/mol. The molecule has 0 aliphatic heterocycles. The Morgan fingerprint density at radius 1 is 1.24 bits per heavy atom. The molecule has 1 unspecified atom stereocenters. The zero-order valence-corrected chi connectivity index (χ0v) is 10.9. The van der Waals surface area contributed by atoms with Crippen molar-refractivity contribution >= 4 is 15.9 Å². The van der Waals surface area contributed by atoms with Crippen molar-refractivity contribution in [3.63, 3.8) is 0 Å². The van der Waals surface area contributed by atoms with Gasteiger partial charge in [0.05, 0.1) is 25.5 Å². The Bertz CT molecular complexity index is 379. The molecule has 1 rings (SSSR count). The van der Waals surface area contributed by atoms with Gasteiger partial charge in [0.2, 0.25) is 0 Å². The van der Waals surface area contributed by atoms with Gasteiger partial charge in [-0.3, -0.25) is 0 Å². The van der Waals surface area contributed by atoms with Gasteiger partial charge in [0.25, 0.3) is 0 Å². The Kier molecular flexibility index (Phi) is 4.68. The van der Waals surface area contributed by atoms with Crippen LogP contribution in [0.2, 0.25) is 0 Å². The number of hydrogen-bond donors (Lipinski definition) is 0. The molecule has 0 bridgehead atoms. The second-order valence-electron chi connectivity index (χ2n) is 3.39. The first-order valence-electron chi connectivity index (χ1n) is 4.80. The van der Waals surface area contributed by atoms with Crippen molar-refractivity contribution < 1.29 is 22.6 Å².